The highest BCUT2D eigenvalue weighted by Crippen LogP contribution is 2.21. The van der Waals surface area contributed by atoms with Gasteiger partial charge in [0.2, 0.25) is 0 Å². The zero-order valence-electron chi connectivity index (χ0n) is 15.0. The first-order chi connectivity index (χ1) is 13.2. The van der Waals surface area contributed by atoms with Gasteiger partial charge in [-0.15, -0.1) is 0 Å². The van der Waals surface area contributed by atoms with Crippen molar-refractivity contribution in [2.24, 2.45) is 0 Å². The van der Waals surface area contributed by atoms with Crippen LogP contribution in [0.3, 0.4) is 0 Å². The average molecular weight is 428 g/mol. The molecule has 150 valence electrons. The van der Waals surface area contributed by atoms with E-state index < -0.39 is 27.8 Å². The Morgan fingerprint density at radius 1 is 1.11 bits per heavy atom. The highest BCUT2D eigenvalue weighted by Gasteiger charge is 2.19. The second-order valence-electron chi connectivity index (χ2n) is 5.79. The zero-order valence-corrected chi connectivity index (χ0v) is 16.5. The zero-order chi connectivity index (χ0) is 20.7. The Morgan fingerprint density at radius 2 is 1.79 bits per heavy atom. The standard InChI is InChI=1S/C18H19ClFN3O4S/c1-2-3-11-21-18(25)23-28(26,27)13-9-7-12(8-10-13)22-17(24)16-14(19)5-4-6-15(16)20/h4-10H,2-3,11H2,1H3,(H,22,24)(H2,21,23,25). The minimum atomic E-state index is -4.06. The topological polar surface area (TPSA) is 104 Å². The summed E-state index contributed by atoms with van der Waals surface area (Å²) in [6.45, 7) is 2.30. The first kappa shape index (κ1) is 21.6. The van der Waals surface area contributed by atoms with Gasteiger partial charge in [0, 0.05) is 12.2 Å². The SMILES string of the molecule is CCCCNC(=O)NS(=O)(=O)c1ccc(NC(=O)c2c(F)cccc2Cl)cc1. The van der Waals surface area contributed by atoms with Crippen molar-refractivity contribution < 1.29 is 22.4 Å². The van der Waals surface area contributed by atoms with Gasteiger partial charge in [-0.1, -0.05) is 31.0 Å². The fourth-order valence-electron chi connectivity index (χ4n) is 2.22. The van der Waals surface area contributed by atoms with Crippen molar-refractivity contribution in [1.29, 1.82) is 0 Å². The predicted octanol–water partition coefficient (Wildman–Crippen LogP) is 3.52. The summed E-state index contributed by atoms with van der Waals surface area (Å²) < 4.78 is 40.1. The number of carbonyl (C=O) groups excluding carboxylic acids is 2. The van der Waals surface area contributed by atoms with Crippen molar-refractivity contribution in [2.45, 2.75) is 24.7 Å². The minimum absolute atomic E-state index is 0.0463. The lowest BCUT2D eigenvalue weighted by Crippen LogP contribution is -2.39. The molecular weight excluding hydrogens is 409 g/mol. The Kier molecular flexibility index (Phi) is 7.36. The van der Waals surface area contributed by atoms with E-state index in [-0.39, 0.29) is 21.2 Å². The molecule has 0 bridgehead atoms. The van der Waals surface area contributed by atoms with Crippen molar-refractivity contribution in [3.8, 4) is 0 Å². The number of urea groups is 1. The van der Waals surface area contributed by atoms with Gasteiger partial charge in [-0.05, 0) is 42.8 Å². The Balaban J connectivity index is 2.06. The summed E-state index contributed by atoms with van der Waals surface area (Å²) >= 11 is 5.84. The molecule has 10 heteroatoms. The van der Waals surface area contributed by atoms with Gasteiger partial charge in [-0.25, -0.2) is 22.3 Å². The molecule has 0 heterocycles. The quantitative estimate of drug-likeness (QED) is 0.588. The molecule has 0 unspecified atom stereocenters. The summed E-state index contributed by atoms with van der Waals surface area (Å²) in [7, 11) is -4.06. The summed E-state index contributed by atoms with van der Waals surface area (Å²) in [5.74, 6) is -1.55. The molecule has 0 aliphatic heterocycles. The van der Waals surface area contributed by atoms with Crippen LogP contribution in [0.2, 0.25) is 5.02 Å². The van der Waals surface area contributed by atoms with Crippen molar-refractivity contribution in [1.82, 2.24) is 10.0 Å². The van der Waals surface area contributed by atoms with Gasteiger partial charge in [-0.2, -0.15) is 0 Å². The van der Waals surface area contributed by atoms with Gasteiger partial charge < -0.3 is 10.6 Å². The number of halogens is 2. The highest BCUT2D eigenvalue weighted by molar-refractivity contribution is 7.90. The molecule has 2 aromatic rings. The van der Waals surface area contributed by atoms with E-state index in [1.165, 1.54) is 36.4 Å². The number of rotatable bonds is 7. The van der Waals surface area contributed by atoms with Gasteiger partial charge >= 0.3 is 6.03 Å². The summed E-state index contributed by atoms with van der Waals surface area (Å²) in [6.07, 6.45) is 1.59. The van der Waals surface area contributed by atoms with E-state index in [4.69, 9.17) is 11.6 Å². The summed E-state index contributed by atoms with van der Waals surface area (Å²) in [5, 5.41) is 4.83. The minimum Gasteiger partial charge on any atom is -0.337 e. The van der Waals surface area contributed by atoms with Crippen molar-refractivity contribution >= 4 is 39.2 Å². The van der Waals surface area contributed by atoms with Crippen LogP contribution in [0.25, 0.3) is 0 Å². The number of hydrogen-bond acceptors (Lipinski definition) is 4. The summed E-state index contributed by atoms with van der Waals surface area (Å²) in [5.41, 5.74) is -0.0815. The van der Waals surface area contributed by atoms with Crippen molar-refractivity contribution in [2.75, 3.05) is 11.9 Å². The monoisotopic (exact) mass is 427 g/mol. The highest BCUT2D eigenvalue weighted by atomic mass is 35.5. The smallest absolute Gasteiger partial charge is 0.328 e. The Hall–Kier alpha value is -2.65. The molecule has 3 amide bonds. The lowest BCUT2D eigenvalue weighted by Gasteiger charge is -2.10. The van der Waals surface area contributed by atoms with Gasteiger partial charge in [0.05, 0.1) is 15.5 Å². The molecule has 0 radical (unpaired) electrons. The van der Waals surface area contributed by atoms with Crippen LogP contribution >= 0.6 is 11.6 Å². The average Bonchev–Trinajstić information content (AvgIpc) is 2.62. The van der Waals surface area contributed by atoms with Crippen LogP contribution < -0.4 is 15.4 Å². The maximum atomic E-state index is 13.8. The fraction of sp³-hybridized carbons (Fsp3) is 0.222. The van der Waals surface area contributed by atoms with Crippen molar-refractivity contribution in [3.63, 3.8) is 0 Å². The normalized spacial score (nSPS) is 11.0. The molecule has 0 fully saturated rings. The molecule has 0 saturated carbocycles. The van der Waals surface area contributed by atoms with E-state index in [0.717, 1.165) is 18.9 Å². The number of anilines is 1. The van der Waals surface area contributed by atoms with Crippen LogP contribution in [-0.2, 0) is 10.0 Å². The fourth-order valence-corrected chi connectivity index (χ4v) is 3.40. The molecule has 0 aliphatic rings. The number of unbranched alkanes of at least 4 members (excludes halogenated alkanes) is 1. The van der Waals surface area contributed by atoms with E-state index >= 15 is 0 Å². The van der Waals surface area contributed by atoms with E-state index in [9.17, 15) is 22.4 Å². The number of hydrogen-bond donors (Lipinski definition) is 3. The molecule has 0 atom stereocenters. The van der Waals surface area contributed by atoms with Crippen LogP contribution in [0.5, 0.6) is 0 Å². The lowest BCUT2D eigenvalue weighted by atomic mass is 10.2. The summed E-state index contributed by atoms with van der Waals surface area (Å²) in [4.78, 5) is 23.7. The van der Waals surface area contributed by atoms with E-state index in [0.29, 0.717) is 6.54 Å². The molecular formula is C18H19ClFN3O4S. The molecule has 28 heavy (non-hydrogen) atoms. The van der Waals surface area contributed by atoms with Crippen molar-refractivity contribution in [3.05, 3.63) is 58.9 Å². The van der Waals surface area contributed by atoms with Crippen LogP contribution in [0, 0.1) is 5.82 Å². The van der Waals surface area contributed by atoms with Gasteiger partial charge in [-0.3, -0.25) is 4.79 Å². The Bertz CT molecular complexity index is 945. The van der Waals surface area contributed by atoms with Crippen LogP contribution in [0.1, 0.15) is 30.1 Å². The van der Waals surface area contributed by atoms with Crippen LogP contribution in [0.4, 0.5) is 14.9 Å². The number of benzene rings is 2. The second kappa shape index (κ2) is 9.52. The lowest BCUT2D eigenvalue weighted by molar-refractivity contribution is 0.102. The molecule has 0 aromatic heterocycles. The first-order valence-electron chi connectivity index (χ1n) is 8.40. The van der Waals surface area contributed by atoms with E-state index in [1.54, 1.807) is 0 Å². The molecule has 3 N–H and O–H groups in total. The summed E-state index contributed by atoms with van der Waals surface area (Å²) in [6, 6.07) is 8.09. The molecule has 0 aliphatic carbocycles. The number of sulfonamides is 1. The number of nitrogens with one attached hydrogen (secondary N) is 3. The Labute approximate surface area is 167 Å². The van der Waals surface area contributed by atoms with Crippen LogP contribution in [0.15, 0.2) is 47.4 Å². The van der Waals surface area contributed by atoms with E-state index in [2.05, 4.69) is 10.6 Å². The first-order valence-corrected chi connectivity index (χ1v) is 10.3. The third kappa shape index (κ3) is 5.67. The van der Waals surface area contributed by atoms with Gasteiger partial charge in [0.15, 0.2) is 0 Å². The van der Waals surface area contributed by atoms with Gasteiger partial charge in [0.1, 0.15) is 5.82 Å². The van der Waals surface area contributed by atoms with Crippen LogP contribution in [-0.4, -0.2) is 26.9 Å². The number of amides is 3. The molecule has 7 nitrogen and oxygen atoms in total. The maximum Gasteiger partial charge on any atom is 0.328 e. The molecule has 0 saturated heterocycles. The molecule has 2 rings (SSSR count). The third-order valence-corrected chi connectivity index (χ3v) is 5.32. The maximum absolute atomic E-state index is 13.8. The van der Waals surface area contributed by atoms with E-state index in [1.807, 2.05) is 11.6 Å². The predicted molar refractivity (Wildman–Crippen MR) is 104 cm³/mol. The third-order valence-electron chi connectivity index (χ3n) is 3.66. The van der Waals surface area contributed by atoms with Gasteiger partial charge in [0.25, 0.3) is 15.9 Å². The second-order valence-corrected chi connectivity index (χ2v) is 7.88. The largest absolute Gasteiger partial charge is 0.337 e. The Morgan fingerprint density at radius 3 is 2.39 bits per heavy atom. The molecule has 2 aromatic carbocycles. The number of carbonyl (C=O) groups is 2. The molecule has 0 spiro atoms.